The summed E-state index contributed by atoms with van der Waals surface area (Å²) in [6, 6.07) is 8.27. The first kappa shape index (κ1) is 20.0. The van der Waals surface area contributed by atoms with Gasteiger partial charge in [-0.1, -0.05) is 52.0 Å². The van der Waals surface area contributed by atoms with Gasteiger partial charge in [-0.25, -0.2) is 0 Å². The smallest absolute Gasteiger partial charge is 0.314 e. The molecule has 0 radical (unpaired) electrons. The summed E-state index contributed by atoms with van der Waals surface area (Å²) in [6.45, 7) is 11.9. The number of rotatable bonds is 7. The molecule has 1 aromatic rings. The van der Waals surface area contributed by atoms with Gasteiger partial charge >= 0.3 is 5.97 Å². The van der Waals surface area contributed by atoms with E-state index in [2.05, 4.69) is 44.7 Å². The number of benzene rings is 1. The molecule has 1 fully saturated rings. The maximum Gasteiger partial charge on any atom is 0.314 e. The van der Waals surface area contributed by atoms with Crippen molar-refractivity contribution in [3.63, 3.8) is 0 Å². The van der Waals surface area contributed by atoms with Crippen molar-refractivity contribution in [2.24, 2.45) is 5.41 Å². The SMILES string of the molecule is CCN(CC)CCc1ccc(C2(C(=O)O)CC(C)(C)C2)cc1.Cl. The highest BCUT2D eigenvalue weighted by molar-refractivity contribution is 5.85. The summed E-state index contributed by atoms with van der Waals surface area (Å²) in [6.07, 6.45) is 2.48. The zero-order valence-electron chi connectivity index (χ0n) is 14.8. The van der Waals surface area contributed by atoms with Gasteiger partial charge in [0, 0.05) is 6.54 Å². The predicted molar refractivity (Wildman–Crippen MR) is 97.5 cm³/mol. The van der Waals surface area contributed by atoms with Gasteiger partial charge in [0.1, 0.15) is 0 Å². The summed E-state index contributed by atoms with van der Waals surface area (Å²) < 4.78 is 0. The molecule has 0 aliphatic heterocycles. The fourth-order valence-corrected chi connectivity index (χ4v) is 3.88. The quantitative estimate of drug-likeness (QED) is 0.811. The van der Waals surface area contributed by atoms with Crippen LogP contribution in [0, 0.1) is 5.41 Å². The second kappa shape index (κ2) is 7.67. The maximum absolute atomic E-state index is 11.8. The molecule has 2 rings (SSSR count). The normalized spacial score (nSPS) is 18.1. The average Bonchev–Trinajstić information content (AvgIpc) is 2.46. The van der Waals surface area contributed by atoms with Crippen LogP contribution in [-0.2, 0) is 16.6 Å². The lowest BCUT2D eigenvalue weighted by atomic mass is 9.52. The number of carboxylic acid groups (broad SMARTS) is 1. The molecule has 0 bridgehead atoms. The Bertz CT molecular complexity index is 513. The largest absolute Gasteiger partial charge is 0.481 e. The van der Waals surface area contributed by atoms with E-state index in [1.807, 2.05) is 12.1 Å². The van der Waals surface area contributed by atoms with Gasteiger partial charge in [-0.15, -0.1) is 12.4 Å². The van der Waals surface area contributed by atoms with Gasteiger partial charge in [0.25, 0.3) is 0 Å². The van der Waals surface area contributed by atoms with Crippen LogP contribution in [0.1, 0.15) is 51.7 Å². The second-order valence-corrected chi connectivity index (χ2v) is 7.38. The summed E-state index contributed by atoms with van der Waals surface area (Å²) in [5.41, 5.74) is 1.72. The summed E-state index contributed by atoms with van der Waals surface area (Å²) >= 11 is 0. The lowest BCUT2D eigenvalue weighted by Gasteiger charge is -2.50. The third-order valence-electron chi connectivity index (χ3n) is 5.09. The van der Waals surface area contributed by atoms with Crippen LogP contribution in [0.2, 0.25) is 0 Å². The number of aliphatic carboxylic acids is 1. The zero-order valence-corrected chi connectivity index (χ0v) is 15.6. The van der Waals surface area contributed by atoms with Gasteiger partial charge in [-0.2, -0.15) is 0 Å². The highest BCUT2D eigenvalue weighted by Gasteiger charge is 2.55. The molecule has 1 saturated carbocycles. The van der Waals surface area contributed by atoms with Crippen LogP contribution < -0.4 is 0 Å². The van der Waals surface area contributed by atoms with Gasteiger partial charge in [0.15, 0.2) is 0 Å². The van der Waals surface area contributed by atoms with E-state index in [4.69, 9.17) is 0 Å². The molecular weight excluding hydrogens is 310 g/mol. The topological polar surface area (TPSA) is 40.5 Å². The first-order chi connectivity index (χ1) is 10.3. The van der Waals surface area contributed by atoms with E-state index in [9.17, 15) is 9.90 Å². The number of carbonyl (C=O) groups is 1. The van der Waals surface area contributed by atoms with E-state index in [0.29, 0.717) is 0 Å². The Hall–Kier alpha value is -1.06. The first-order valence-electron chi connectivity index (χ1n) is 8.38. The molecule has 4 heteroatoms. The number of likely N-dealkylation sites (N-methyl/N-ethyl adjacent to an activating group) is 1. The Kier molecular flexibility index (Phi) is 6.67. The lowest BCUT2D eigenvalue weighted by Crippen LogP contribution is -2.52. The molecule has 1 aliphatic rings. The van der Waals surface area contributed by atoms with Gasteiger partial charge in [0.2, 0.25) is 0 Å². The molecular formula is C19H30ClNO2. The van der Waals surface area contributed by atoms with E-state index in [1.54, 1.807) is 0 Å². The molecule has 23 heavy (non-hydrogen) atoms. The van der Waals surface area contributed by atoms with E-state index in [0.717, 1.165) is 44.5 Å². The van der Waals surface area contributed by atoms with E-state index in [-0.39, 0.29) is 17.8 Å². The molecule has 0 unspecified atom stereocenters. The highest BCUT2D eigenvalue weighted by atomic mass is 35.5. The van der Waals surface area contributed by atoms with Crippen molar-refractivity contribution in [3.8, 4) is 0 Å². The summed E-state index contributed by atoms with van der Waals surface area (Å²) in [5.74, 6) is -0.678. The van der Waals surface area contributed by atoms with Crippen molar-refractivity contribution in [3.05, 3.63) is 35.4 Å². The maximum atomic E-state index is 11.8. The van der Waals surface area contributed by atoms with Gasteiger partial charge in [-0.05, 0) is 48.9 Å². The Balaban J connectivity index is 0.00000264. The fourth-order valence-electron chi connectivity index (χ4n) is 3.88. The second-order valence-electron chi connectivity index (χ2n) is 7.38. The number of halogens is 1. The van der Waals surface area contributed by atoms with Gasteiger partial charge in [0.05, 0.1) is 5.41 Å². The van der Waals surface area contributed by atoms with Gasteiger partial charge in [-0.3, -0.25) is 4.79 Å². The predicted octanol–water partition coefficient (Wildman–Crippen LogP) is 4.14. The Morgan fingerprint density at radius 1 is 1.13 bits per heavy atom. The third-order valence-corrected chi connectivity index (χ3v) is 5.09. The minimum atomic E-state index is -0.678. The molecule has 0 aromatic heterocycles. The minimum Gasteiger partial charge on any atom is -0.481 e. The fraction of sp³-hybridized carbons (Fsp3) is 0.632. The van der Waals surface area contributed by atoms with Gasteiger partial charge < -0.3 is 10.0 Å². The molecule has 1 aliphatic carbocycles. The van der Waals surface area contributed by atoms with Crippen molar-refractivity contribution in [1.82, 2.24) is 4.90 Å². The summed E-state index contributed by atoms with van der Waals surface area (Å²) in [7, 11) is 0. The average molecular weight is 340 g/mol. The van der Waals surface area contributed by atoms with Crippen LogP contribution >= 0.6 is 12.4 Å². The molecule has 0 amide bonds. The highest BCUT2D eigenvalue weighted by Crippen LogP contribution is 2.55. The number of hydrogen-bond acceptors (Lipinski definition) is 2. The molecule has 1 aromatic carbocycles. The first-order valence-corrected chi connectivity index (χ1v) is 8.38. The number of nitrogens with zero attached hydrogens (tertiary/aromatic N) is 1. The third kappa shape index (κ3) is 4.27. The van der Waals surface area contributed by atoms with E-state index >= 15 is 0 Å². The lowest BCUT2D eigenvalue weighted by molar-refractivity contribution is -0.153. The van der Waals surface area contributed by atoms with Crippen LogP contribution in [0.25, 0.3) is 0 Å². The van der Waals surface area contributed by atoms with Crippen molar-refractivity contribution in [1.29, 1.82) is 0 Å². The monoisotopic (exact) mass is 339 g/mol. The van der Waals surface area contributed by atoms with E-state index in [1.165, 1.54) is 5.56 Å². The summed E-state index contributed by atoms with van der Waals surface area (Å²) in [4.78, 5) is 14.2. The molecule has 130 valence electrons. The summed E-state index contributed by atoms with van der Waals surface area (Å²) in [5, 5.41) is 9.67. The van der Waals surface area contributed by atoms with Crippen LogP contribution in [0.4, 0.5) is 0 Å². The Morgan fingerprint density at radius 2 is 1.65 bits per heavy atom. The standard InChI is InChI=1S/C19H29NO2.ClH/c1-5-20(6-2)12-11-15-7-9-16(10-8-15)19(17(21)22)13-18(3,4)14-19;/h7-10H,5-6,11-14H2,1-4H3,(H,21,22);1H. The Labute approximate surface area is 146 Å². The van der Waals surface area contributed by atoms with Crippen LogP contribution in [0.5, 0.6) is 0 Å². The van der Waals surface area contributed by atoms with E-state index < -0.39 is 11.4 Å². The molecule has 0 heterocycles. The van der Waals surface area contributed by atoms with Crippen LogP contribution in [0.3, 0.4) is 0 Å². The Morgan fingerprint density at radius 3 is 2.04 bits per heavy atom. The molecule has 1 N–H and O–H groups in total. The van der Waals surface area contributed by atoms with Crippen LogP contribution in [0.15, 0.2) is 24.3 Å². The number of hydrogen-bond donors (Lipinski definition) is 1. The van der Waals surface area contributed by atoms with Crippen molar-refractivity contribution in [2.75, 3.05) is 19.6 Å². The molecule has 0 spiro atoms. The van der Waals surface area contributed by atoms with Crippen molar-refractivity contribution >= 4 is 18.4 Å². The number of carboxylic acids is 1. The molecule has 0 atom stereocenters. The van der Waals surface area contributed by atoms with Crippen LogP contribution in [-0.4, -0.2) is 35.6 Å². The molecule has 0 saturated heterocycles. The zero-order chi connectivity index (χ0) is 16.4. The van der Waals surface area contributed by atoms with Crippen molar-refractivity contribution < 1.29 is 9.90 Å². The van der Waals surface area contributed by atoms with Crippen molar-refractivity contribution in [2.45, 2.75) is 52.4 Å². The minimum absolute atomic E-state index is 0. The molecule has 3 nitrogen and oxygen atoms in total.